The molecule has 0 fully saturated rings. The summed E-state index contributed by atoms with van der Waals surface area (Å²) in [6.45, 7) is 2.21. The largest absolute Gasteiger partial charge is 0.497 e. The molecule has 0 bridgehead atoms. The minimum absolute atomic E-state index is 0.198. The third-order valence-corrected chi connectivity index (χ3v) is 3.85. The minimum atomic E-state index is -0.604. The van der Waals surface area contributed by atoms with Gasteiger partial charge in [-0.1, -0.05) is 6.92 Å². The van der Waals surface area contributed by atoms with Gasteiger partial charge in [0.05, 0.1) is 7.11 Å². The van der Waals surface area contributed by atoms with Crippen LogP contribution in [-0.4, -0.2) is 37.1 Å². The molecule has 1 N–H and O–H groups in total. The molecule has 1 aromatic carbocycles. The summed E-state index contributed by atoms with van der Waals surface area (Å²) in [6, 6.07) is 7.38. The molecule has 0 aliphatic heterocycles. The Labute approximate surface area is 138 Å². The number of thiazole rings is 1. The van der Waals surface area contributed by atoms with Crippen molar-refractivity contribution in [2.24, 2.45) is 0 Å². The van der Waals surface area contributed by atoms with E-state index in [1.54, 1.807) is 12.5 Å². The van der Waals surface area contributed by atoms with E-state index in [4.69, 9.17) is 9.47 Å². The van der Waals surface area contributed by atoms with Crippen molar-refractivity contribution >= 4 is 23.2 Å². The molecule has 0 atom stereocenters. The van der Waals surface area contributed by atoms with E-state index in [1.807, 2.05) is 31.2 Å². The highest BCUT2D eigenvalue weighted by molar-refractivity contribution is 7.13. The van der Waals surface area contributed by atoms with Gasteiger partial charge in [0.25, 0.3) is 5.91 Å². The van der Waals surface area contributed by atoms with E-state index in [9.17, 15) is 9.59 Å². The number of carbonyl (C=O) groups excluding carboxylic acids is 2. The SMILES string of the molecule is CCCNC(=O)COC(=O)c1csc(-c2ccc(OC)cc2)n1. The standard InChI is InChI=1S/C16H18N2O4S/c1-3-8-17-14(19)9-22-16(20)13-10-23-15(18-13)11-4-6-12(21-2)7-5-11/h4-7,10H,3,8-9H2,1-2H3,(H,17,19). The van der Waals surface area contributed by atoms with Gasteiger partial charge in [-0.3, -0.25) is 4.79 Å². The van der Waals surface area contributed by atoms with E-state index in [0.29, 0.717) is 11.6 Å². The summed E-state index contributed by atoms with van der Waals surface area (Å²) in [6.07, 6.45) is 0.830. The zero-order valence-electron chi connectivity index (χ0n) is 13.0. The molecular weight excluding hydrogens is 316 g/mol. The zero-order valence-corrected chi connectivity index (χ0v) is 13.8. The zero-order chi connectivity index (χ0) is 16.7. The monoisotopic (exact) mass is 334 g/mol. The first-order valence-corrected chi connectivity index (χ1v) is 8.05. The van der Waals surface area contributed by atoms with Crippen LogP contribution in [0.3, 0.4) is 0 Å². The Morgan fingerprint density at radius 3 is 2.65 bits per heavy atom. The first kappa shape index (κ1) is 17.0. The molecule has 1 aromatic heterocycles. The minimum Gasteiger partial charge on any atom is -0.497 e. The Hall–Kier alpha value is -2.41. The molecule has 1 heterocycles. The average Bonchev–Trinajstić information content (AvgIpc) is 3.08. The van der Waals surface area contributed by atoms with Crippen LogP contribution in [0, 0.1) is 0 Å². The van der Waals surface area contributed by atoms with Gasteiger partial charge in [0.1, 0.15) is 10.8 Å². The normalized spacial score (nSPS) is 10.2. The Balaban J connectivity index is 1.95. The molecular formula is C16H18N2O4S. The lowest BCUT2D eigenvalue weighted by Crippen LogP contribution is -2.29. The van der Waals surface area contributed by atoms with Gasteiger partial charge in [-0.15, -0.1) is 11.3 Å². The first-order chi connectivity index (χ1) is 11.1. The number of carbonyl (C=O) groups is 2. The maximum Gasteiger partial charge on any atom is 0.358 e. The predicted molar refractivity (Wildman–Crippen MR) is 87.7 cm³/mol. The molecule has 0 aliphatic rings. The fraction of sp³-hybridized carbons (Fsp3) is 0.312. The molecule has 6 nitrogen and oxygen atoms in total. The molecule has 0 saturated heterocycles. The number of nitrogens with zero attached hydrogens (tertiary/aromatic N) is 1. The number of nitrogens with one attached hydrogen (secondary N) is 1. The van der Waals surface area contributed by atoms with E-state index in [2.05, 4.69) is 10.3 Å². The molecule has 0 unspecified atom stereocenters. The lowest BCUT2D eigenvalue weighted by Gasteiger charge is -2.04. The molecule has 2 rings (SSSR count). The molecule has 1 amide bonds. The molecule has 0 radical (unpaired) electrons. The molecule has 0 aliphatic carbocycles. The Morgan fingerprint density at radius 1 is 1.26 bits per heavy atom. The van der Waals surface area contributed by atoms with Gasteiger partial charge in [-0.25, -0.2) is 9.78 Å². The molecule has 122 valence electrons. The summed E-state index contributed by atoms with van der Waals surface area (Å²) >= 11 is 1.34. The summed E-state index contributed by atoms with van der Waals surface area (Å²) in [4.78, 5) is 27.5. The van der Waals surface area contributed by atoms with E-state index in [-0.39, 0.29) is 18.2 Å². The quantitative estimate of drug-likeness (QED) is 0.787. The average molecular weight is 334 g/mol. The Kier molecular flexibility index (Phi) is 6.10. The van der Waals surface area contributed by atoms with Crippen molar-refractivity contribution in [1.82, 2.24) is 10.3 Å². The molecule has 23 heavy (non-hydrogen) atoms. The van der Waals surface area contributed by atoms with Crippen molar-refractivity contribution in [3.63, 3.8) is 0 Å². The van der Waals surface area contributed by atoms with Crippen molar-refractivity contribution in [1.29, 1.82) is 0 Å². The Bertz CT molecular complexity index is 667. The van der Waals surface area contributed by atoms with Crippen molar-refractivity contribution in [2.45, 2.75) is 13.3 Å². The number of rotatable bonds is 7. The fourth-order valence-corrected chi connectivity index (χ4v) is 2.55. The number of esters is 1. The highest BCUT2D eigenvalue weighted by atomic mass is 32.1. The topological polar surface area (TPSA) is 77.5 Å². The number of methoxy groups -OCH3 is 1. The van der Waals surface area contributed by atoms with Gasteiger partial charge in [0.2, 0.25) is 0 Å². The number of benzene rings is 1. The predicted octanol–water partition coefficient (Wildman–Crippen LogP) is 2.50. The van der Waals surface area contributed by atoms with Crippen LogP contribution >= 0.6 is 11.3 Å². The lowest BCUT2D eigenvalue weighted by atomic mass is 10.2. The van der Waals surface area contributed by atoms with Gasteiger partial charge in [0, 0.05) is 17.5 Å². The second-order valence-corrected chi connectivity index (χ2v) is 5.55. The lowest BCUT2D eigenvalue weighted by molar-refractivity contribution is -0.124. The second kappa shape index (κ2) is 8.28. The van der Waals surface area contributed by atoms with Crippen LogP contribution in [0.2, 0.25) is 0 Å². The first-order valence-electron chi connectivity index (χ1n) is 7.17. The summed E-state index contributed by atoms with van der Waals surface area (Å²) in [5.41, 5.74) is 1.08. The van der Waals surface area contributed by atoms with E-state index in [0.717, 1.165) is 17.7 Å². The van der Waals surface area contributed by atoms with Crippen LogP contribution in [-0.2, 0) is 9.53 Å². The molecule has 0 saturated carbocycles. The number of amides is 1. The second-order valence-electron chi connectivity index (χ2n) is 4.69. The van der Waals surface area contributed by atoms with Crippen molar-refractivity contribution in [2.75, 3.05) is 20.3 Å². The highest BCUT2D eigenvalue weighted by Crippen LogP contribution is 2.25. The van der Waals surface area contributed by atoms with Crippen LogP contribution in [0.4, 0.5) is 0 Å². The smallest absolute Gasteiger partial charge is 0.358 e. The summed E-state index contributed by atoms with van der Waals surface area (Å²) in [5.74, 6) is -0.165. The summed E-state index contributed by atoms with van der Waals surface area (Å²) in [7, 11) is 1.60. The van der Waals surface area contributed by atoms with Gasteiger partial charge in [0.15, 0.2) is 12.3 Å². The maximum atomic E-state index is 11.9. The third-order valence-electron chi connectivity index (χ3n) is 2.96. The van der Waals surface area contributed by atoms with E-state index in [1.165, 1.54) is 11.3 Å². The number of aromatic nitrogens is 1. The van der Waals surface area contributed by atoms with Crippen LogP contribution in [0.5, 0.6) is 5.75 Å². The van der Waals surface area contributed by atoms with Crippen molar-refractivity contribution in [3.8, 4) is 16.3 Å². The molecule has 0 spiro atoms. The van der Waals surface area contributed by atoms with E-state index < -0.39 is 5.97 Å². The number of ether oxygens (including phenoxy) is 2. The highest BCUT2D eigenvalue weighted by Gasteiger charge is 2.14. The van der Waals surface area contributed by atoms with Crippen LogP contribution in [0.25, 0.3) is 10.6 Å². The van der Waals surface area contributed by atoms with Crippen molar-refractivity contribution < 1.29 is 19.1 Å². The Morgan fingerprint density at radius 2 is 2.00 bits per heavy atom. The molecule has 7 heteroatoms. The van der Waals surface area contributed by atoms with E-state index >= 15 is 0 Å². The third kappa shape index (κ3) is 4.79. The summed E-state index contributed by atoms with van der Waals surface area (Å²) < 4.78 is 10.0. The van der Waals surface area contributed by atoms with Gasteiger partial charge >= 0.3 is 5.97 Å². The van der Waals surface area contributed by atoms with Gasteiger partial charge < -0.3 is 14.8 Å². The maximum absolute atomic E-state index is 11.9. The summed E-state index contributed by atoms with van der Waals surface area (Å²) in [5, 5.41) is 4.96. The molecule has 2 aromatic rings. The van der Waals surface area contributed by atoms with Crippen LogP contribution in [0.15, 0.2) is 29.6 Å². The number of hydrogen-bond acceptors (Lipinski definition) is 6. The fourth-order valence-electron chi connectivity index (χ4n) is 1.75. The van der Waals surface area contributed by atoms with Crippen LogP contribution < -0.4 is 10.1 Å². The van der Waals surface area contributed by atoms with Gasteiger partial charge in [-0.05, 0) is 30.7 Å². The van der Waals surface area contributed by atoms with Crippen LogP contribution in [0.1, 0.15) is 23.8 Å². The van der Waals surface area contributed by atoms with Gasteiger partial charge in [-0.2, -0.15) is 0 Å². The number of hydrogen-bond donors (Lipinski definition) is 1. The van der Waals surface area contributed by atoms with Crippen molar-refractivity contribution in [3.05, 3.63) is 35.3 Å².